The van der Waals surface area contributed by atoms with Gasteiger partial charge < -0.3 is 14.8 Å². The van der Waals surface area contributed by atoms with Crippen molar-refractivity contribution in [3.63, 3.8) is 0 Å². The minimum absolute atomic E-state index is 0.188. The summed E-state index contributed by atoms with van der Waals surface area (Å²) in [5.41, 5.74) is 4.43. The second-order valence-electron chi connectivity index (χ2n) is 7.38. The van der Waals surface area contributed by atoms with Crippen LogP contribution in [0, 0.1) is 6.92 Å². The van der Waals surface area contributed by atoms with Gasteiger partial charge >= 0.3 is 0 Å². The molecule has 0 heterocycles. The molecule has 0 bridgehead atoms. The van der Waals surface area contributed by atoms with Crippen LogP contribution in [0.1, 0.15) is 37.4 Å². The maximum atomic E-state index is 12.8. The summed E-state index contributed by atoms with van der Waals surface area (Å²) in [4.78, 5) is 25.3. The quantitative estimate of drug-likeness (QED) is 0.615. The number of hydrogen-bond donors (Lipinski definition) is 1. The fourth-order valence-electron chi connectivity index (χ4n) is 3.56. The molecular formula is C26H23NO4. The lowest BCUT2D eigenvalue weighted by Crippen LogP contribution is -2.25. The van der Waals surface area contributed by atoms with E-state index in [4.69, 9.17) is 9.47 Å². The molecule has 1 N–H and O–H groups in total. The van der Waals surface area contributed by atoms with E-state index in [-0.39, 0.29) is 17.4 Å². The van der Waals surface area contributed by atoms with Crippen molar-refractivity contribution in [2.45, 2.75) is 13.3 Å². The Kier molecular flexibility index (Phi) is 5.85. The average molecular weight is 413 g/mol. The summed E-state index contributed by atoms with van der Waals surface area (Å²) < 4.78 is 11.3. The first kappa shape index (κ1) is 20.4. The maximum absolute atomic E-state index is 12.8. The highest BCUT2D eigenvalue weighted by atomic mass is 16.5. The van der Waals surface area contributed by atoms with Crippen LogP contribution in [0.3, 0.4) is 0 Å². The van der Waals surface area contributed by atoms with Crippen molar-refractivity contribution in [1.29, 1.82) is 0 Å². The van der Waals surface area contributed by atoms with Crippen molar-refractivity contribution in [1.82, 2.24) is 5.32 Å². The Balaban J connectivity index is 1.45. The molecule has 0 aliphatic heterocycles. The molecule has 0 saturated heterocycles. The van der Waals surface area contributed by atoms with E-state index in [2.05, 4.69) is 30.4 Å². The first-order chi connectivity index (χ1) is 15.0. The Labute approximate surface area is 181 Å². The number of nitrogens with one attached hydrogen (secondary N) is 1. The van der Waals surface area contributed by atoms with Crippen molar-refractivity contribution in [3.8, 4) is 11.5 Å². The highest BCUT2D eigenvalue weighted by molar-refractivity contribution is 6.19. The van der Waals surface area contributed by atoms with Gasteiger partial charge in [-0.1, -0.05) is 54.1 Å². The lowest BCUT2D eigenvalue weighted by Gasteiger charge is -2.13. The number of allylic oxidation sites excluding steroid dienone is 1. The standard InChI is InChI=1S/C26H23NO4/c1-17-6-5-7-18(14-17)12-13-31-24-16-20(10-11-23(24)30-2)26(29)27-22-15-19-8-3-4-9-21(19)25(22)28/h3-11,14-16H,12-13H2,1-2H3,(H,27,28,29). The third-order valence-corrected chi connectivity index (χ3v) is 5.15. The number of benzene rings is 3. The normalized spacial score (nSPS) is 12.2. The van der Waals surface area contributed by atoms with Crippen molar-refractivity contribution in [2.75, 3.05) is 13.7 Å². The molecule has 1 amide bonds. The molecule has 0 fully saturated rings. The number of aryl methyl sites for hydroxylation is 1. The fraction of sp³-hybridized carbons (Fsp3) is 0.154. The average Bonchev–Trinajstić information content (AvgIpc) is 3.09. The van der Waals surface area contributed by atoms with Gasteiger partial charge in [0.05, 0.1) is 19.4 Å². The van der Waals surface area contributed by atoms with Crippen LogP contribution in [0.4, 0.5) is 0 Å². The van der Waals surface area contributed by atoms with Crippen molar-refractivity contribution < 1.29 is 19.1 Å². The van der Waals surface area contributed by atoms with Gasteiger partial charge in [-0.3, -0.25) is 9.59 Å². The summed E-state index contributed by atoms with van der Waals surface area (Å²) in [7, 11) is 1.56. The van der Waals surface area contributed by atoms with Gasteiger partial charge in [0.25, 0.3) is 5.91 Å². The van der Waals surface area contributed by atoms with E-state index >= 15 is 0 Å². The van der Waals surface area contributed by atoms with E-state index in [0.717, 1.165) is 12.0 Å². The summed E-state index contributed by atoms with van der Waals surface area (Å²) in [5.74, 6) is 0.466. The fourth-order valence-corrected chi connectivity index (χ4v) is 3.56. The number of ketones is 1. The van der Waals surface area contributed by atoms with E-state index in [1.807, 2.05) is 18.2 Å². The molecule has 5 nitrogen and oxygen atoms in total. The minimum atomic E-state index is -0.376. The molecule has 31 heavy (non-hydrogen) atoms. The Morgan fingerprint density at radius 2 is 1.81 bits per heavy atom. The molecular weight excluding hydrogens is 390 g/mol. The molecule has 0 unspecified atom stereocenters. The zero-order valence-electron chi connectivity index (χ0n) is 17.5. The molecule has 1 aliphatic carbocycles. The second kappa shape index (κ2) is 8.88. The van der Waals surface area contributed by atoms with Crippen LogP contribution in [0.15, 0.2) is 72.4 Å². The van der Waals surface area contributed by atoms with Crippen molar-refractivity contribution >= 4 is 17.8 Å². The van der Waals surface area contributed by atoms with Gasteiger partial charge in [-0.05, 0) is 42.3 Å². The molecule has 5 heteroatoms. The summed E-state index contributed by atoms with van der Waals surface area (Å²) in [5, 5.41) is 2.72. The number of ether oxygens (including phenoxy) is 2. The highest BCUT2D eigenvalue weighted by Gasteiger charge is 2.24. The van der Waals surface area contributed by atoms with Crippen LogP contribution >= 0.6 is 0 Å². The predicted octanol–water partition coefficient (Wildman–Crippen LogP) is 4.59. The van der Waals surface area contributed by atoms with E-state index in [1.165, 1.54) is 11.1 Å². The monoisotopic (exact) mass is 413 g/mol. The zero-order chi connectivity index (χ0) is 21.8. The number of methoxy groups -OCH3 is 1. The molecule has 0 spiro atoms. The zero-order valence-corrected chi connectivity index (χ0v) is 17.5. The van der Waals surface area contributed by atoms with Crippen LogP contribution < -0.4 is 14.8 Å². The van der Waals surface area contributed by atoms with Crippen LogP contribution in [0.2, 0.25) is 0 Å². The number of rotatable bonds is 7. The first-order valence-electron chi connectivity index (χ1n) is 10.1. The van der Waals surface area contributed by atoms with E-state index in [0.29, 0.717) is 29.2 Å². The molecule has 0 atom stereocenters. The third kappa shape index (κ3) is 4.51. The van der Waals surface area contributed by atoms with Gasteiger partial charge in [0.15, 0.2) is 11.5 Å². The summed E-state index contributed by atoms with van der Waals surface area (Å²) in [6.07, 6.45) is 2.43. The molecule has 156 valence electrons. The van der Waals surface area contributed by atoms with Crippen LogP contribution in [-0.2, 0) is 6.42 Å². The first-order valence-corrected chi connectivity index (χ1v) is 10.1. The smallest absolute Gasteiger partial charge is 0.255 e. The molecule has 1 aliphatic rings. The topological polar surface area (TPSA) is 64.6 Å². The Hall–Kier alpha value is -3.86. The lowest BCUT2D eigenvalue weighted by atomic mass is 10.1. The summed E-state index contributed by atoms with van der Waals surface area (Å²) in [6, 6.07) is 20.5. The number of carbonyl (C=O) groups excluding carboxylic acids is 2. The summed E-state index contributed by atoms with van der Waals surface area (Å²) >= 11 is 0. The molecule has 0 saturated carbocycles. The second-order valence-corrected chi connectivity index (χ2v) is 7.38. The number of hydrogen-bond acceptors (Lipinski definition) is 4. The summed E-state index contributed by atoms with van der Waals surface area (Å²) in [6.45, 7) is 2.50. The van der Waals surface area contributed by atoms with Crippen molar-refractivity contribution in [2.24, 2.45) is 0 Å². The van der Waals surface area contributed by atoms with Crippen LogP contribution in [-0.4, -0.2) is 25.4 Å². The van der Waals surface area contributed by atoms with Gasteiger partial charge in [0.1, 0.15) is 0 Å². The minimum Gasteiger partial charge on any atom is -0.493 e. The van der Waals surface area contributed by atoms with Crippen LogP contribution in [0.5, 0.6) is 11.5 Å². The Morgan fingerprint density at radius 3 is 2.58 bits per heavy atom. The molecule has 0 aromatic heterocycles. The third-order valence-electron chi connectivity index (χ3n) is 5.15. The largest absolute Gasteiger partial charge is 0.493 e. The number of Topliss-reactive ketones (excluding diaryl/α,β-unsaturated/α-hetero) is 1. The SMILES string of the molecule is COc1ccc(C(=O)NC2=Cc3ccccc3C2=O)cc1OCCc1cccc(C)c1. The lowest BCUT2D eigenvalue weighted by molar-refractivity contribution is 0.0935. The molecule has 4 rings (SSSR count). The molecule has 3 aromatic rings. The predicted molar refractivity (Wildman–Crippen MR) is 120 cm³/mol. The number of carbonyl (C=O) groups is 2. The van der Waals surface area contributed by atoms with Gasteiger partial charge in [-0.25, -0.2) is 0 Å². The number of fused-ring (bicyclic) bond motifs is 1. The molecule has 3 aromatic carbocycles. The van der Waals surface area contributed by atoms with Gasteiger partial charge in [-0.2, -0.15) is 0 Å². The Bertz CT molecular complexity index is 1180. The van der Waals surface area contributed by atoms with E-state index in [9.17, 15) is 9.59 Å². The number of amides is 1. The molecule has 0 radical (unpaired) electrons. The van der Waals surface area contributed by atoms with E-state index < -0.39 is 0 Å². The maximum Gasteiger partial charge on any atom is 0.255 e. The van der Waals surface area contributed by atoms with Crippen LogP contribution in [0.25, 0.3) is 6.08 Å². The highest BCUT2D eigenvalue weighted by Crippen LogP contribution is 2.29. The van der Waals surface area contributed by atoms with E-state index in [1.54, 1.807) is 43.5 Å². The van der Waals surface area contributed by atoms with Gasteiger partial charge in [0.2, 0.25) is 5.78 Å². The Morgan fingerprint density at radius 1 is 0.968 bits per heavy atom. The van der Waals surface area contributed by atoms with Gasteiger partial charge in [-0.15, -0.1) is 0 Å². The van der Waals surface area contributed by atoms with Gasteiger partial charge in [0, 0.05) is 17.5 Å². The van der Waals surface area contributed by atoms with Crippen molar-refractivity contribution in [3.05, 3.63) is 100 Å².